The van der Waals surface area contributed by atoms with Crippen LogP contribution in [0, 0.1) is 0 Å². The standard InChI is InChI=1S/C6H12N4OS/c1-6(2,4-11)12-5-7-8-9-10(5)3/h11H,4H2,1-3H3. The van der Waals surface area contributed by atoms with Gasteiger partial charge in [0, 0.05) is 11.8 Å². The molecule has 0 aliphatic carbocycles. The number of aliphatic hydroxyl groups is 1. The summed E-state index contributed by atoms with van der Waals surface area (Å²) in [6.45, 7) is 3.98. The highest BCUT2D eigenvalue weighted by Gasteiger charge is 2.21. The molecular weight excluding hydrogens is 176 g/mol. The van der Waals surface area contributed by atoms with Gasteiger partial charge in [0.15, 0.2) is 0 Å². The lowest BCUT2D eigenvalue weighted by atomic mass is 10.2. The lowest BCUT2D eigenvalue weighted by molar-refractivity contribution is 0.264. The van der Waals surface area contributed by atoms with Crippen molar-refractivity contribution in [3.05, 3.63) is 0 Å². The molecule has 0 amide bonds. The minimum Gasteiger partial charge on any atom is -0.395 e. The lowest BCUT2D eigenvalue weighted by Gasteiger charge is -2.18. The molecule has 0 unspecified atom stereocenters. The predicted octanol–water partition coefficient (Wildman–Crippen LogP) is 0.0731. The van der Waals surface area contributed by atoms with Crippen molar-refractivity contribution in [1.82, 2.24) is 20.2 Å². The van der Waals surface area contributed by atoms with E-state index in [4.69, 9.17) is 5.11 Å². The van der Waals surface area contributed by atoms with Gasteiger partial charge in [-0.2, -0.15) is 0 Å². The van der Waals surface area contributed by atoms with Gasteiger partial charge in [-0.3, -0.25) is 0 Å². The van der Waals surface area contributed by atoms with Crippen molar-refractivity contribution < 1.29 is 5.11 Å². The fourth-order valence-corrected chi connectivity index (χ4v) is 1.39. The van der Waals surface area contributed by atoms with E-state index < -0.39 is 0 Å². The van der Waals surface area contributed by atoms with Crippen LogP contribution in [0.1, 0.15) is 13.8 Å². The minimum atomic E-state index is -0.234. The van der Waals surface area contributed by atoms with Crippen LogP contribution in [-0.4, -0.2) is 36.7 Å². The summed E-state index contributed by atoms with van der Waals surface area (Å²) in [6, 6.07) is 0. The molecule has 6 heteroatoms. The van der Waals surface area contributed by atoms with Gasteiger partial charge in [-0.25, -0.2) is 4.68 Å². The summed E-state index contributed by atoms with van der Waals surface area (Å²) in [5, 5.41) is 20.7. The Morgan fingerprint density at radius 3 is 2.67 bits per heavy atom. The van der Waals surface area contributed by atoms with Crippen molar-refractivity contribution in [3.63, 3.8) is 0 Å². The van der Waals surface area contributed by atoms with Gasteiger partial charge in [0.05, 0.1) is 6.61 Å². The second-order valence-electron chi connectivity index (χ2n) is 3.10. The van der Waals surface area contributed by atoms with Gasteiger partial charge in [-0.1, -0.05) is 11.8 Å². The highest BCUT2D eigenvalue weighted by molar-refractivity contribution is 8.00. The molecule has 0 saturated heterocycles. The van der Waals surface area contributed by atoms with Gasteiger partial charge in [0.1, 0.15) is 0 Å². The second-order valence-corrected chi connectivity index (χ2v) is 4.78. The molecule has 0 atom stereocenters. The number of rotatable bonds is 3. The molecule has 5 nitrogen and oxygen atoms in total. The Kier molecular flexibility index (Phi) is 2.69. The van der Waals surface area contributed by atoms with Crippen LogP contribution in [0.2, 0.25) is 0 Å². The van der Waals surface area contributed by atoms with Crippen molar-refractivity contribution in [3.8, 4) is 0 Å². The van der Waals surface area contributed by atoms with Crippen LogP contribution in [0.15, 0.2) is 5.16 Å². The van der Waals surface area contributed by atoms with E-state index in [0.717, 1.165) is 0 Å². The molecule has 68 valence electrons. The van der Waals surface area contributed by atoms with Gasteiger partial charge >= 0.3 is 0 Å². The summed E-state index contributed by atoms with van der Waals surface area (Å²) in [7, 11) is 1.77. The maximum absolute atomic E-state index is 8.99. The molecule has 0 radical (unpaired) electrons. The topological polar surface area (TPSA) is 63.8 Å². The van der Waals surface area contributed by atoms with Crippen molar-refractivity contribution in [2.75, 3.05) is 6.61 Å². The van der Waals surface area contributed by atoms with Crippen LogP contribution in [0.4, 0.5) is 0 Å². The smallest absolute Gasteiger partial charge is 0.209 e. The molecule has 0 aliphatic rings. The monoisotopic (exact) mass is 188 g/mol. The Hall–Kier alpha value is -0.620. The molecule has 0 saturated carbocycles. The van der Waals surface area contributed by atoms with E-state index in [0.29, 0.717) is 5.16 Å². The number of hydrogen-bond acceptors (Lipinski definition) is 5. The van der Waals surface area contributed by atoms with Crippen LogP contribution in [-0.2, 0) is 7.05 Å². The Balaban J connectivity index is 2.70. The van der Waals surface area contributed by atoms with Gasteiger partial charge in [-0.15, -0.1) is 5.10 Å². The van der Waals surface area contributed by atoms with Crippen molar-refractivity contribution in [2.45, 2.75) is 23.8 Å². The molecule has 1 rings (SSSR count). The third-order valence-corrected chi connectivity index (χ3v) is 2.54. The summed E-state index contributed by atoms with van der Waals surface area (Å²) in [5.74, 6) is 0. The van der Waals surface area contributed by atoms with Crippen molar-refractivity contribution in [2.24, 2.45) is 7.05 Å². The summed E-state index contributed by atoms with van der Waals surface area (Å²) >= 11 is 1.46. The molecule has 0 bridgehead atoms. The number of tetrazole rings is 1. The van der Waals surface area contributed by atoms with E-state index in [9.17, 15) is 0 Å². The van der Waals surface area contributed by atoms with Crippen molar-refractivity contribution >= 4 is 11.8 Å². The Morgan fingerprint density at radius 2 is 2.25 bits per heavy atom. The van der Waals surface area contributed by atoms with Gasteiger partial charge < -0.3 is 5.11 Å². The highest BCUT2D eigenvalue weighted by Crippen LogP contribution is 2.29. The number of aryl methyl sites for hydroxylation is 1. The third-order valence-electron chi connectivity index (χ3n) is 1.33. The number of thioether (sulfide) groups is 1. The zero-order valence-electron chi connectivity index (χ0n) is 7.35. The Labute approximate surface area is 75.2 Å². The first-order chi connectivity index (χ1) is 5.55. The Bertz CT molecular complexity index is 260. The van der Waals surface area contributed by atoms with Gasteiger partial charge in [-0.05, 0) is 24.3 Å². The van der Waals surface area contributed by atoms with Crippen LogP contribution < -0.4 is 0 Å². The molecule has 1 heterocycles. The van der Waals surface area contributed by atoms with E-state index in [-0.39, 0.29) is 11.4 Å². The SMILES string of the molecule is Cn1nnnc1SC(C)(C)CO. The normalized spacial score (nSPS) is 12.0. The first-order valence-corrected chi connectivity index (χ1v) is 4.39. The molecule has 0 aliphatic heterocycles. The first-order valence-electron chi connectivity index (χ1n) is 3.57. The zero-order chi connectivity index (χ0) is 9.19. The molecule has 0 aromatic carbocycles. The predicted molar refractivity (Wildman–Crippen MR) is 45.8 cm³/mol. The van der Waals surface area contributed by atoms with E-state index in [2.05, 4.69) is 15.5 Å². The number of aliphatic hydroxyl groups excluding tert-OH is 1. The maximum Gasteiger partial charge on any atom is 0.209 e. The van der Waals surface area contributed by atoms with E-state index in [1.54, 1.807) is 11.7 Å². The third kappa shape index (κ3) is 2.18. The summed E-state index contributed by atoms with van der Waals surface area (Å²) in [5.41, 5.74) is 0. The largest absolute Gasteiger partial charge is 0.395 e. The molecule has 1 aromatic rings. The number of nitrogens with zero attached hydrogens (tertiary/aromatic N) is 4. The second kappa shape index (κ2) is 3.40. The van der Waals surface area contributed by atoms with Crippen LogP contribution >= 0.6 is 11.8 Å². The average molecular weight is 188 g/mol. The Morgan fingerprint density at radius 1 is 1.58 bits per heavy atom. The van der Waals surface area contributed by atoms with Crippen molar-refractivity contribution in [1.29, 1.82) is 0 Å². The quantitative estimate of drug-likeness (QED) is 0.680. The van der Waals surface area contributed by atoms with E-state index in [1.165, 1.54) is 11.8 Å². The van der Waals surface area contributed by atoms with Gasteiger partial charge in [0.25, 0.3) is 0 Å². The number of aromatic nitrogens is 4. The number of hydrogen-bond donors (Lipinski definition) is 1. The first kappa shape index (κ1) is 9.47. The molecule has 0 spiro atoms. The molecule has 12 heavy (non-hydrogen) atoms. The maximum atomic E-state index is 8.99. The average Bonchev–Trinajstić information content (AvgIpc) is 2.36. The fraction of sp³-hybridized carbons (Fsp3) is 0.833. The summed E-state index contributed by atoms with van der Waals surface area (Å²) in [4.78, 5) is 0. The van der Waals surface area contributed by atoms with E-state index >= 15 is 0 Å². The fourth-order valence-electron chi connectivity index (χ4n) is 0.587. The molecule has 1 N–H and O–H groups in total. The van der Waals surface area contributed by atoms with Gasteiger partial charge in [0.2, 0.25) is 5.16 Å². The minimum absolute atomic E-state index is 0.102. The summed E-state index contributed by atoms with van der Waals surface area (Å²) in [6.07, 6.45) is 0. The van der Waals surface area contributed by atoms with Crippen LogP contribution in [0.3, 0.4) is 0 Å². The van der Waals surface area contributed by atoms with Crippen LogP contribution in [0.25, 0.3) is 0 Å². The summed E-state index contributed by atoms with van der Waals surface area (Å²) < 4.78 is 1.35. The van der Waals surface area contributed by atoms with E-state index in [1.807, 2.05) is 13.8 Å². The molecule has 1 aromatic heterocycles. The molecule has 0 fully saturated rings. The molecular formula is C6H12N4OS. The zero-order valence-corrected chi connectivity index (χ0v) is 8.17. The highest BCUT2D eigenvalue weighted by atomic mass is 32.2. The van der Waals surface area contributed by atoms with Crippen LogP contribution in [0.5, 0.6) is 0 Å². The lowest BCUT2D eigenvalue weighted by Crippen LogP contribution is -2.20.